The van der Waals surface area contributed by atoms with Crippen molar-refractivity contribution in [2.24, 2.45) is 0 Å². The Bertz CT molecular complexity index is 1050. The van der Waals surface area contributed by atoms with Crippen LogP contribution in [0.3, 0.4) is 0 Å². The van der Waals surface area contributed by atoms with Crippen LogP contribution in [0.2, 0.25) is 5.02 Å². The molecule has 1 aliphatic heterocycles. The molecule has 1 fully saturated rings. The average Bonchev–Trinajstić information content (AvgIpc) is 3.21. The molecule has 0 amide bonds. The first-order chi connectivity index (χ1) is 13.0. The van der Waals surface area contributed by atoms with Gasteiger partial charge in [-0.2, -0.15) is 0 Å². The van der Waals surface area contributed by atoms with Crippen LogP contribution < -0.4 is 5.32 Å². The van der Waals surface area contributed by atoms with E-state index in [0.717, 1.165) is 11.3 Å². The summed E-state index contributed by atoms with van der Waals surface area (Å²) in [6.07, 6.45) is 3.97. The smallest absolute Gasteiger partial charge is 0.167 e. The van der Waals surface area contributed by atoms with Crippen LogP contribution >= 0.6 is 11.6 Å². The molecule has 8 nitrogen and oxygen atoms in total. The van der Waals surface area contributed by atoms with Gasteiger partial charge in [0.2, 0.25) is 0 Å². The van der Waals surface area contributed by atoms with Crippen LogP contribution in [-0.2, 0) is 4.74 Å². The maximum atomic E-state index is 10.3. The maximum Gasteiger partial charge on any atom is 0.167 e. The van der Waals surface area contributed by atoms with Crippen molar-refractivity contribution in [3.63, 3.8) is 0 Å². The van der Waals surface area contributed by atoms with Gasteiger partial charge in [-0.25, -0.2) is 15.0 Å². The molecule has 2 aromatic heterocycles. The molecule has 3 heterocycles. The third kappa shape index (κ3) is 2.91. The lowest BCUT2D eigenvalue weighted by Crippen LogP contribution is -2.30. The molecular weight excluding hydrogens is 370 g/mol. The first-order valence-corrected chi connectivity index (χ1v) is 8.56. The lowest BCUT2D eigenvalue weighted by molar-refractivity contribution is -0.0230. The minimum atomic E-state index is -1.20. The Labute approximate surface area is 159 Å². The second kappa shape index (κ2) is 6.79. The summed E-state index contributed by atoms with van der Waals surface area (Å²) in [6, 6.07) is 5.51. The lowest BCUT2D eigenvalue weighted by Gasteiger charge is -2.16. The highest BCUT2D eigenvalue weighted by Gasteiger charge is 2.43. The second-order valence-electron chi connectivity index (χ2n) is 6.18. The number of benzene rings is 1. The van der Waals surface area contributed by atoms with Gasteiger partial charge in [-0.1, -0.05) is 23.6 Å². The Balaban J connectivity index is 1.73. The first kappa shape index (κ1) is 17.7. The number of anilines is 2. The topological polar surface area (TPSA) is 105 Å². The Hall–Kier alpha value is -2.70. The zero-order chi connectivity index (χ0) is 19.1. The summed E-state index contributed by atoms with van der Waals surface area (Å²) >= 11 is 6.17. The standard InChI is InChI=1S/C18H16ClN5O3/c1-3-12-14(25)15(26)18(27-12)24-8-22-13-16(20-7-21-17(13)24)23-11-6-4-5-10(19)9(11)2/h1,4-8,12,14-15,18,25-26H,2H3,(H,20,21,23). The number of terminal acetylenes is 1. The van der Waals surface area contributed by atoms with Gasteiger partial charge in [0.25, 0.3) is 0 Å². The van der Waals surface area contributed by atoms with E-state index in [1.54, 1.807) is 6.07 Å². The van der Waals surface area contributed by atoms with Crippen molar-refractivity contribution >= 4 is 34.3 Å². The van der Waals surface area contributed by atoms with E-state index >= 15 is 0 Å². The van der Waals surface area contributed by atoms with E-state index in [9.17, 15) is 10.2 Å². The molecule has 1 saturated heterocycles. The number of nitrogens with zero attached hydrogens (tertiary/aromatic N) is 4. The number of rotatable bonds is 3. The normalized spacial score (nSPS) is 24.9. The highest BCUT2D eigenvalue weighted by molar-refractivity contribution is 6.31. The Morgan fingerprint density at radius 1 is 1.26 bits per heavy atom. The molecule has 1 aromatic carbocycles. The van der Waals surface area contributed by atoms with Crippen LogP contribution in [0.5, 0.6) is 0 Å². The molecule has 4 atom stereocenters. The number of halogens is 1. The van der Waals surface area contributed by atoms with Gasteiger partial charge in [0.15, 0.2) is 23.2 Å². The fourth-order valence-electron chi connectivity index (χ4n) is 3.03. The maximum absolute atomic E-state index is 10.3. The van der Waals surface area contributed by atoms with Crippen molar-refractivity contribution in [2.75, 3.05) is 5.32 Å². The van der Waals surface area contributed by atoms with Crippen molar-refractivity contribution < 1.29 is 14.9 Å². The predicted octanol–water partition coefficient (Wildman–Crippen LogP) is 1.78. The molecule has 9 heteroatoms. The van der Waals surface area contributed by atoms with Crippen molar-refractivity contribution in [1.82, 2.24) is 19.5 Å². The fourth-order valence-corrected chi connectivity index (χ4v) is 3.20. The Morgan fingerprint density at radius 3 is 2.81 bits per heavy atom. The third-order valence-electron chi connectivity index (χ3n) is 4.56. The van der Waals surface area contributed by atoms with Crippen LogP contribution in [0.1, 0.15) is 11.8 Å². The molecule has 0 aliphatic carbocycles. The minimum absolute atomic E-state index is 0.432. The summed E-state index contributed by atoms with van der Waals surface area (Å²) in [5, 5.41) is 24.1. The van der Waals surface area contributed by atoms with Gasteiger partial charge in [-0.05, 0) is 24.6 Å². The molecule has 4 unspecified atom stereocenters. The zero-order valence-corrected chi connectivity index (χ0v) is 15.0. The summed E-state index contributed by atoms with van der Waals surface area (Å²) in [4.78, 5) is 12.8. The van der Waals surface area contributed by atoms with E-state index < -0.39 is 24.5 Å². The fraction of sp³-hybridized carbons (Fsp3) is 0.278. The zero-order valence-electron chi connectivity index (χ0n) is 14.2. The van der Waals surface area contributed by atoms with Gasteiger partial charge in [-0.3, -0.25) is 4.57 Å². The van der Waals surface area contributed by atoms with Crippen LogP contribution in [0.15, 0.2) is 30.9 Å². The molecule has 4 rings (SSSR count). The summed E-state index contributed by atoms with van der Waals surface area (Å²) in [5.41, 5.74) is 2.57. The Morgan fingerprint density at radius 2 is 2.07 bits per heavy atom. The SMILES string of the molecule is C#CC1OC(n2cnc3c(Nc4cccc(Cl)c4C)ncnc32)C(O)C1O. The summed E-state index contributed by atoms with van der Waals surface area (Å²) < 4.78 is 7.10. The second-order valence-corrected chi connectivity index (χ2v) is 6.59. The summed E-state index contributed by atoms with van der Waals surface area (Å²) in [7, 11) is 0. The number of fused-ring (bicyclic) bond motifs is 1. The molecule has 0 saturated carbocycles. The highest BCUT2D eigenvalue weighted by Crippen LogP contribution is 2.33. The van der Waals surface area contributed by atoms with Gasteiger partial charge in [0.05, 0.1) is 6.33 Å². The largest absolute Gasteiger partial charge is 0.386 e. The van der Waals surface area contributed by atoms with Crippen molar-refractivity contribution in [1.29, 1.82) is 0 Å². The highest BCUT2D eigenvalue weighted by atomic mass is 35.5. The number of nitrogens with one attached hydrogen (secondary N) is 1. The molecular formula is C18H16ClN5O3. The molecule has 0 spiro atoms. The van der Waals surface area contributed by atoms with Crippen LogP contribution in [-0.4, -0.2) is 48.0 Å². The van der Waals surface area contributed by atoms with Gasteiger partial charge in [-0.15, -0.1) is 6.42 Å². The van der Waals surface area contributed by atoms with Crippen molar-refractivity contribution in [2.45, 2.75) is 31.5 Å². The molecule has 3 aromatic rings. The number of ether oxygens (including phenoxy) is 1. The van der Waals surface area contributed by atoms with Crippen LogP contribution in [0, 0.1) is 19.3 Å². The van der Waals surface area contributed by atoms with Gasteiger partial charge >= 0.3 is 0 Å². The molecule has 27 heavy (non-hydrogen) atoms. The van der Waals surface area contributed by atoms with E-state index in [1.165, 1.54) is 17.2 Å². The van der Waals surface area contributed by atoms with E-state index in [4.69, 9.17) is 22.8 Å². The molecule has 0 bridgehead atoms. The molecule has 3 N–H and O–H groups in total. The monoisotopic (exact) mass is 385 g/mol. The van der Waals surface area contributed by atoms with E-state index in [2.05, 4.69) is 26.2 Å². The molecule has 0 radical (unpaired) electrons. The summed E-state index contributed by atoms with van der Waals surface area (Å²) in [5.74, 6) is 2.79. The van der Waals surface area contributed by atoms with E-state index in [0.29, 0.717) is 22.0 Å². The van der Waals surface area contributed by atoms with E-state index in [-0.39, 0.29) is 0 Å². The summed E-state index contributed by atoms with van der Waals surface area (Å²) in [6.45, 7) is 1.89. The predicted molar refractivity (Wildman–Crippen MR) is 99.6 cm³/mol. The minimum Gasteiger partial charge on any atom is -0.386 e. The number of aliphatic hydroxyl groups is 2. The van der Waals surface area contributed by atoms with Crippen molar-refractivity contribution in [3.8, 4) is 12.3 Å². The van der Waals surface area contributed by atoms with Crippen LogP contribution in [0.4, 0.5) is 11.5 Å². The molecule has 1 aliphatic rings. The van der Waals surface area contributed by atoms with Gasteiger partial charge < -0.3 is 20.3 Å². The average molecular weight is 386 g/mol. The quantitative estimate of drug-likeness (QED) is 0.590. The first-order valence-electron chi connectivity index (χ1n) is 8.18. The number of aliphatic hydroxyl groups excluding tert-OH is 2. The van der Waals surface area contributed by atoms with Gasteiger partial charge in [0, 0.05) is 10.7 Å². The molecule has 138 valence electrons. The third-order valence-corrected chi connectivity index (χ3v) is 4.97. The number of imidazole rings is 1. The number of aromatic nitrogens is 4. The van der Waals surface area contributed by atoms with Gasteiger partial charge in [0.1, 0.15) is 24.6 Å². The number of hydrogen-bond donors (Lipinski definition) is 3. The Kier molecular flexibility index (Phi) is 4.45. The van der Waals surface area contributed by atoms with E-state index in [1.807, 2.05) is 19.1 Å². The van der Waals surface area contributed by atoms with Crippen molar-refractivity contribution in [3.05, 3.63) is 41.4 Å². The van der Waals surface area contributed by atoms with Crippen LogP contribution in [0.25, 0.3) is 11.2 Å². The lowest BCUT2D eigenvalue weighted by atomic mass is 10.1. The number of hydrogen-bond acceptors (Lipinski definition) is 7.